The molecule has 0 unspecified atom stereocenters. The molecule has 2 rings (SSSR count). The summed E-state index contributed by atoms with van der Waals surface area (Å²) in [4.78, 5) is 14.9. The van der Waals surface area contributed by atoms with Gasteiger partial charge in [0.25, 0.3) is 0 Å². The van der Waals surface area contributed by atoms with Gasteiger partial charge in [-0.3, -0.25) is 4.79 Å². The highest BCUT2D eigenvalue weighted by molar-refractivity contribution is 5.83. The molecule has 1 saturated carbocycles. The highest BCUT2D eigenvalue weighted by Gasteiger charge is 2.46. The molecular formula is C15H28N2O. The molecule has 0 aromatic heterocycles. The minimum absolute atomic E-state index is 0.0145. The van der Waals surface area contributed by atoms with Crippen LogP contribution in [0.4, 0.5) is 0 Å². The third kappa shape index (κ3) is 2.71. The predicted octanol–water partition coefficient (Wildman–Crippen LogP) is 2.41. The molecule has 2 aliphatic rings. The van der Waals surface area contributed by atoms with E-state index in [1.165, 1.54) is 6.42 Å². The van der Waals surface area contributed by atoms with Gasteiger partial charge in [-0.1, -0.05) is 20.3 Å². The molecule has 3 nitrogen and oxygen atoms in total. The summed E-state index contributed by atoms with van der Waals surface area (Å²) >= 11 is 0. The van der Waals surface area contributed by atoms with E-state index in [1.54, 1.807) is 0 Å². The van der Waals surface area contributed by atoms with Gasteiger partial charge in [0.05, 0.1) is 0 Å². The van der Waals surface area contributed by atoms with Gasteiger partial charge >= 0.3 is 0 Å². The van der Waals surface area contributed by atoms with Crippen molar-refractivity contribution in [2.75, 3.05) is 20.1 Å². The number of hydrogen-bond acceptors (Lipinski definition) is 2. The van der Waals surface area contributed by atoms with E-state index in [1.807, 2.05) is 7.05 Å². The standard InChI is InChI=1S/C15H28N2O/c1-12(2)11-15(7-4-8-15)14(18)17-9-5-13(16-3)6-10-17/h12-13,16H,4-11H2,1-3H3. The summed E-state index contributed by atoms with van der Waals surface area (Å²) in [5, 5.41) is 3.32. The molecule has 1 amide bonds. The average Bonchev–Trinajstić information content (AvgIpc) is 2.33. The maximum atomic E-state index is 12.7. The molecule has 0 aromatic rings. The first-order valence-corrected chi connectivity index (χ1v) is 7.54. The Morgan fingerprint density at radius 3 is 2.33 bits per heavy atom. The lowest BCUT2D eigenvalue weighted by molar-refractivity contribution is -0.150. The molecule has 1 aliphatic carbocycles. The van der Waals surface area contributed by atoms with Crippen LogP contribution in [0.5, 0.6) is 0 Å². The Balaban J connectivity index is 1.94. The number of rotatable bonds is 4. The summed E-state index contributed by atoms with van der Waals surface area (Å²) < 4.78 is 0. The van der Waals surface area contributed by atoms with Crippen molar-refractivity contribution in [3.8, 4) is 0 Å². The van der Waals surface area contributed by atoms with Crippen molar-refractivity contribution in [3.05, 3.63) is 0 Å². The number of carbonyl (C=O) groups is 1. The van der Waals surface area contributed by atoms with Crippen molar-refractivity contribution in [2.45, 2.75) is 58.4 Å². The predicted molar refractivity (Wildman–Crippen MR) is 74.4 cm³/mol. The quantitative estimate of drug-likeness (QED) is 0.833. The molecule has 0 atom stereocenters. The molecule has 2 fully saturated rings. The molecule has 0 radical (unpaired) electrons. The maximum Gasteiger partial charge on any atom is 0.228 e. The van der Waals surface area contributed by atoms with Gasteiger partial charge < -0.3 is 10.2 Å². The molecule has 1 N–H and O–H groups in total. The topological polar surface area (TPSA) is 32.3 Å². The van der Waals surface area contributed by atoms with Crippen molar-refractivity contribution in [2.24, 2.45) is 11.3 Å². The van der Waals surface area contributed by atoms with E-state index in [-0.39, 0.29) is 5.41 Å². The van der Waals surface area contributed by atoms with Gasteiger partial charge in [0.2, 0.25) is 5.91 Å². The second-order valence-corrected chi connectivity index (χ2v) is 6.59. The van der Waals surface area contributed by atoms with Crippen LogP contribution in [0.25, 0.3) is 0 Å². The zero-order valence-electron chi connectivity index (χ0n) is 12.2. The first kappa shape index (κ1) is 13.9. The Labute approximate surface area is 111 Å². The average molecular weight is 252 g/mol. The largest absolute Gasteiger partial charge is 0.342 e. The molecule has 1 saturated heterocycles. The number of hydrogen-bond donors (Lipinski definition) is 1. The number of nitrogens with one attached hydrogen (secondary N) is 1. The van der Waals surface area contributed by atoms with E-state index in [0.717, 1.165) is 45.2 Å². The van der Waals surface area contributed by atoms with E-state index in [0.29, 0.717) is 17.9 Å². The van der Waals surface area contributed by atoms with Crippen LogP contribution in [0.2, 0.25) is 0 Å². The summed E-state index contributed by atoms with van der Waals surface area (Å²) in [5.41, 5.74) is 0.0145. The third-order valence-corrected chi connectivity index (χ3v) is 4.75. The lowest BCUT2D eigenvalue weighted by atomic mass is 9.63. The normalized spacial score (nSPS) is 24.1. The molecule has 1 aliphatic heterocycles. The van der Waals surface area contributed by atoms with E-state index in [9.17, 15) is 4.79 Å². The number of likely N-dealkylation sites (tertiary alicyclic amines) is 1. The fraction of sp³-hybridized carbons (Fsp3) is 0.933. The Morgan fingerprint density at radius 1 is 1.33 bits per heavy atom. The van der Waals surface area contributed by atoms with Crippen LogP contribution in [-0.4, -0.2) is 37.0 Å². The smallest absolute Gasteiger partial charge is 0.228 e. The minimum Gasteiger partial charge on any atom is -0.342 e. The van der Waals surface area contributed by atoms with Gasteiger partial charge in [-0.05, 0) is 45.1 Å². The fourth-order valence-corrected chi connectivity index (χ4v) is 3.60. The zero-order chi connectivity index (χ0) is 13.2. The number of piperidine rings is 1. The van der Waals surface area contributed by atoms with Crippen LogP contribution < -0.4 is 5.32 Å². The fourth-order valence-electron chi connectivity index (χ4n) is 3.60. The molecule has 0 spiro atoms. The Hall–Kier alpha value is -0.570. The summed E-state index contributed by atoms with van der Waals surface area (Å²) in [7, 11) is 2.02. The Bertz CT molecular complexity index is 289. The lowest BCUT2D eigenvalue weighted by Crippen LogP contribution is -2.52. The highest BCUT2D eigenvalue weighted by atomic mass is 16.2. The monoisotopic (exact) mass is 252 g/mol. The Morgan fingerprint density at radius 2 is 1.94 bits per heavy atom. The summed E-state index contributed by atoms with van der Waals surface area (Å²) in [5.74, 6) is 1.08. The van der Waals surface area contributed by atoms with Crippen molar-refractivity contribution < 1.29 is 4.79 Å². The summed E-state index contributed by atoms with van der Waals surface area (Å²) in [6.45, 7) is 6.37. The lowest BCUT2D eigenvalue weighted by Gasteiger charge is -2.46. The highest BCUT2D eigenvalue weighted by Crippen LogP contribution is 2.47. The molecule has 0 bridgehead atoms. The summed E-state index contributed by atoms with van der Waals surface area (Å²) in [6.07, 6.45) is 6.79. The van der Waals surface area contributed by atoms with Crippen LogP contribution in [-0.2, 0) is 4.79 Å². The zero-order valence-corrected chi connectivity index (χ0v) is 12.2. The van der Waals surface area contributed by atoms with Gasteiger partial charge in [-0.25, -0.2) is 0 Å². The molecule has 104 valence electrons. The van der Waals surface area contributed by atoms with E-state index < -0.39 is 0 Å². The van der Waals surface area contributed by atoms with Gasteiger partial charge in [-0.15, -0.1) is 0 Å². The number of carbonyl (C=O) groups excluding carboxylic acids is 1. The van der Waals surface area contributed by atoms with Gasteiger partial charge in [-0.2, -0.15) is 0 Å². The number of amides is 1. The summed E-state index contributed by atoms with van der Waals surface area (Å²) in [6, 6.07) is 0.608. The maximum absolute atomic E-state index is 12.7. The van der Waals surface area contributed by atoms with Gasteiger partial charge in [0.15, 0.2) is 0 Å². The van der Waals surface area contributed by atoms with Crippen LogP contribution in [0.3, 0.4) is 0 Å². The SMILES string of the molecule is CNC1CCN(C(=O)C2(CC(C)C)CCC2)CC1. The number of nitrogens with zero attached hydrogens (tertiary/aromatic N) is 1. The van der Waals surface area contributed by atoms with Crippen molar-refractivity contribution >= 4 is 5.91 Å². The second-order valence-electron chi connectivity index (χ2n) is 6.59. The third-order valence-electron chi connectivity index (χ3n) is 4.75. The molecule has 0 aromatic carbocycles. The van der Waals surface area contributed by atoms with Crippen molar-refractivity contribution in [1.29, 1.82) is 0 Å². The second kappa shape index (κ2) is 5.60. The van der Waals surface area contributed by atoms with E-state index in [2.05, 4.69) is 24.1 Å². The van der Waals surface area contributed by atoms with Crippen LogP contribution in [0.15, 0.2) is 0 Å². The van der Waals surface area contributed by atoms with Crippen molar-refractivity contribution in [3.63, 3.8) is 0 Å². The van der Waals surface area contributed by atoms with Crippen LogP contribution in [0.1, 0.15) is 52.4 Å². The van der Waals surface area contributed by atoms with Gasteiger partial charge in [0, 0.05) is 24.5 Å². The first-order chi connectivity index (χ1) is 8.57. The minimum atomic E-state index is 0.0145. The van der Waals surface area contributed by atoms with Crippen LogP contribution in [0, 0.1) is 11.3 Å². The Kier molecular flexibility index (Phi) is 4.31. The first-order valence-electron chi connectivity index (χ1n) is 7.54. The van der Waals surface area contributed by atoms with E-state index >= 15 is 0 Å². The van der Waals surface area contributed by atoms with Gasteiger partial charge in [0.1, 0.15) is 0 Å². The van der Waals surface area contributed by atoms with Crippen molar-refractivity contribution in [1.82, 2.24) is 10.2 Å². The molecule has 3 heteroatoms. The van der Waals surface area contributed by atoms with E-state index in [4.69, 9.17) is 0 Å². The van der Waals surface area contributed by atoms with Crippen LogP contribution >= 0.6 is 0 Å². The molecular weight excluding hydrogens is 224 g/mol. The molecule has 18 heavy (non-hydrogen) atoms. The molecule has 1 heterocycles.